The van der Waals surface area contributed by atoms with Gasteiger partial charge in [0.25, 0.3) is 0 Å². The molecule has 0 bridgehead atoms. The Morgan fingerprint density at radius 2 is 1.67 bits per heavy atom. The van der Waals surface area contributed by atoms with Gasteiger partial charge in [0.1, 0.15) is 18.0 Å². The summed E-state index contributed by atoms with van der Waals surface area (Å²) in [5, 5.41) is 2.81. The van der Waals surface area contributed by atoms with Gasteiger partial charge >= 0.3 is 5.69 Å². The van der Waals surface area contributed by atoms with Crippen LogP contribution in [0.4, 0.5) is 5.69 Å². The molecule has 0 unspecified atom stereocenters. The molecular weight excluding hydrogens is 342 g/mol. The fourth-order valence-electron chi connectivity index (χ4n) is 2.87. The van der Waals surface area contributed by atoms with E-state index in [4.69, 9.17) is 4.74 Å². The Balaban J connectivity index is 1.49. The Morgan fingerprint density at radius 3 is 2.52 bits per heavy atom. The highest BCUT2D eigenvalue weighted by atomic mass is 16.5. The normalized spacial score (nSPS) is 10.7. The number of ether oxygens (including phenoxy) is 1. The zero-order valence-corrected chi connectivity index (χ0v) is 14.4. The summed E-state index contributed by atoms with van der Waals surface area (Å²) in [6, 6.07) is 23.8. The molecule has 27 heavy (non-hydrogen) atoms. The molecule has 0 aliphatic rings. The highest BCUT2D eigenvalue weighted by Crippen LogP contribution is 2.23. The van der Waals surface area contributed by atoms with E-state index >= 15 is 0 Å². The maximum absolute atomic E-state index is 12.4. The van der Waals surface area contributed by atoms with Crippen molar-refractivity contribution in [2.75, 3.05) is 5.32 Å². The van der Waals surface area contributed by atoms with Crippen LogP contribution in [0.25, 0.3) is 11.0 Å². The van der Waals surface area contributed by atoms with Crippen LogP contribution in [0.3, 0.4) is 0 Å². The fraction of sp³-hybridized carbons (Fsp3) is 0.0476. The number of nitrogens with zero attached hydrogens (tertiary/aromatic N) is 1. The van der Waals surface area contributed by atoms with Gasteiger partial charge in [-0.2, -0.15) is 0 Å². The van der Waals surface area contributed by atoms with E-state index in [1.807, 2.05) is 48.5 Å². The third kappa shape index (κ3) is 3.74. The van der Waals surface area contributed by atoms with Crippen LogP contribution in [-0.4, -0.2) is 15.5 Å². The molecule has 4 aromatic rings. The van der Waals surface area contributed by atoms with Crippen molar-refractivity contribution in [2.45, 2.75) is 6.54 Å². The number of anilines is 1. The molecule has 0 radical (unpaired) electrons. The van der Waals surface area contributed by atoms with E-state index in [2.05, 4.69) is 10.3 Å². The quantitative estimate of drug-likeness (QED) is 0.570. The third-order valence-corrected chi connectivity index (χ3v) is 4.08. The van der Waals surface area contributed by atoms with Gasteiger partial charge in [-0.25, -0.2) is 4.79 Å². The first-order valence-corrected chi connectivity index (χ1v) is 8.49. The molecule has 0 aliphatic heterocycles. The summed E-state index contributed by atoms with van der Waals surface area (Å²) in [6.45, 7) is -0.0768. The van der Waals surface area contributed by atoms with Crippen molar-refractivity contribution in [1.82, 2.24) is 9.55 Å². The van der Waals surface area contributed by atoms with Crippen LogP contribution in [0.1, 0.15) is 0 Å². The van der Waals surface area contributed by atoms with Crippen LogP contribution in [0.5, 0.6) is 11.5 Å². The number of H-pyrrole nitrogens is 1. The Bertz CT molecular complexity index is 1150. The number of carbonyl (C=O) groups excluding carboxylic acids is 1. The number of hydrogen-bond acceptors (Lipinski definition) is 3. The van der Waals surface area contributed by atoms with Crippen LogP contribution in [-0.2, 0) is 11.3 Å². The standard InChI is InChI=1S/C21H17N3O3/c25-20(14-24-19-12-5-4-11-18(19)23-21(24)26)22-15-7-6-10-17(13-15)27-16-8-2-1-3-9-16/h1-13H,14H2,(H,22,25)(H,23,26). The molecular formula is C21H17N3O3. The molecule has 0 atom stereocenters. The topological polar surface area (TPSA) is 76.1 Å². The number of imidazole rings is 1. The zero-order valence-electron chi connectivity index (χ0n) is 14.4. The molecule has 1 heterocycles. The van der Waals surface area contributed by atoms with Crippen LogP contribution in [0, 0.1) is 0 Å². The van der Waals surface area contributed by atoms with Crippen LogP contribution in [0.2, 0.25) is 0 Å². The molecule has 0 fully saturated rings. The van der Waals surface area contributed by atoms with E-state index in [0.29, 0.717) is 28.2 Å². The van der Waals surface area contributed by atoms with Crippen molar-refractivity contribution in [3.8, 4) is 11.5 Å². The monoisotopic (exact) mass is 359 g/mol. The average Bonchev–Trinajstić information content (AvgIpc) is 2.98. The summed E-state index contributed by atoms with van der Waals surface area (Å²) >= 11 is 0. The summed E-state index contributed by atoms with van der Waals surface area (Å²) in [5.41, 5.74) is 1.68. The Hall–Kier alpha value is -3.80. The largest absolute Gasteiger partial charge is 0.457 e. The van der Waals surface area contributed by atoms with Gasteiger partial charge in [0.15, 0.2) is 0 Å². The summed E-state index contributed by atoms with van der Waals surface area (Å²) in [5.74, 6) is 1.04. The van der Waals surface area contributed by atoms with Gasteiger partial charge in [0, 0.05) is 11.8 Å². The summed E-state index contributed by atoms with van der Waals surface area (Å²) in [4.78, 5) is 27.3. The number of rotatable bonds is 5. The predicted molar refractivity (Wildman–Crippen MR) is 104 cm³/mol. The number of benzene rings is 3. The molecule has 6 heteroatoms. The first kappa shape index (κ1) is 16.7. The zero-order chi connectivity index (χ0) is 18.6. The molecule has 2 N–H and O–H groups in total. The third-order valence-electron chi connectivity index (χ3n) is 4.08. The lowest BCUT2D eigenvalue weighted by Gasteiger charge is -2.09. The molecule has 1 amide bonds. The van der Waals surface area contributed by atoms with E-state index in [9.17, 15) is 9.59 Å². The molecule has 4 rings (SSSR count). The number of para-hydroxylation sites is 3. The van der Waals surface area contributed by atoms with Crippen LogP contribution in [0.15, 0.2) is 83.7 Å². The van der Waals surface area contributed by atoms with Crippen LogP contribution < -0.4 is 15.7 Å². The average molecular weight is 359 g/mol. The Kier molecular flexibility index (Phi) is 4.45. The van der Waals surface area contributed by atoms with Crippen molar-refractivity contribution in [2.24, 2.45) is 0 Å². The van der Waals surface area contributed by atoms with Gasteiger partial charge in [0.05, 0.1) is 11.0 Å². The number of fused-ring (bicyclic) bond motifs is 1. The number of amides is 1. The summed E-state index contributed by atoms with van der Waals surface area (Å²) < 4.78 is 7.18. The molecule has 3 aromatic carbocycles. The number of carbonyl (C=O) groups is 1. The van der Waals surface area contributed by atoms with Gasteiger partial charge in [-0.1, -0.05) is 36.4 Å². The van der Waals surface area contributed by atoms with E-state index < -0.39 is 0 Å². The summed E-state index contributed by atoms with van der Waals surface area (Å²) in [7, 11) is 0. The number of aromatic amines is 1. The lowest BCUT2D eigenvalue weighted by molar-refractivity contribution is -0.116. The molecule has 1 aromatic heterocycles. The fourth-order valence-corrected chi connectivity index (χ4v) is 2.87. The number of nitrogens with one attached hydrogen (secondary N) is 2. The maximum Gasteiger partial charge on any atom is 0.326 e. The van der Waals surface area contributed by atoms with Gasteiger partial charge in [0.2, 0.25) is 5.91 Å². The molecule has 6 nitrogen and oxygen atoms in total. The molecule has 0 spiro atoms. The first-order chi connectivity index (χ1) is 13.2. The van der Waals surface area contributed by atoms with Crippen molar-refractivity contribution >= 4 is 22.6 Å². The lowest BCUT2D eigenvalue weighted by atomic mass is 10.3. The Labute approximate surface area is 155 Å². The van der Waals surface area contributed by atoms with E-state index in [1.165, 1.54) is 4.57 Å². The van der Waals surface area contributed by atoms with Gasteiger partial charge in [-0.15, -0.1) is 0 Å². The van der Waals surface area contributed by atoms with Gasteiger partial charge in [-0.3, -0.25) is 9.36 Å². The molecule has 0 saturated carbocycles. The minimum absolute atomic E-state index is 0.0768. The van der Waals surface area contributed by atoms with E-state index in [0.717, 1.165) is 0 Å². The summed E-state index contributed by atoms with van der Waals surface area (Å²) in [6.07, 6.45) is 0. The number of aromatic nitrogens is 2. The Morgan fingerprint density at radius 1 is 0.926 bits per heavy atom. The smallest absolute Gasteiger partial charge is 0.326 e. The second-order valence-corrected chi connectivity index (χ2v) is 6.02. The van der Waals surface area contributed by atoms with E-state index in [1.54, 1.807) is 30.3 Å². The van der Waals surface area contributed by atoms with Crippen LogP contribution >= 0.6 is 0 Å². The number of hydrogen-bond donors (Lipinski definition) is 2. The highest BCUT2D eigenvalue weighted by Gasteiger charge is 2.11. The van der Waals surface area contributed by atoms with Crippen molar-refractivity contribution < 1.29 is 9.53 Å². The molecule has 0 aliphatic carbocycles. The molecule has 0 saturated heterocycles. The lowest BCUT2D eigenvalue weighted by Crippen LogP contribution is -2.25. The molecule has 134 valence electrons. The second kappa shape index (κ2) is 7.21. The first-order valence-electron chi connectivity index (χ1n) is 8.49. The van der Waals surface area contributed by atoms with Crippen molar-refractivity contribution in [1.29, 1.82) is 0 Å². The van der Waals surface area contributed by atoms with Crippen molar-refractivity contribution in [3.63, 3.8) is 0 Å². The highest BCUT2D eigenvalue weighted by molar-refractivity contribution is 5.91. The van der Waals surface area contributed by atoms with Crippen molar-refractivity contribution in [3.05, 3.63) is 89.3 Å². The minimum atomic E-state index is -0.312. The van der Waals surface area contributed by atoms with Gasteiger partial charge in [-0.05, 0) is 36.4 Å². The second-order valence-electron chi connectivity index (χ2n) is 6.02. The minimum Gasteiger partial charge on any atom is -0.457 e. The van der Waals surface area contributed by atoms with Gasteiger partial charge < -0.3 is 15.0 Å². The predicted octanol–water partition coefficient (Wildman–Crippen LogP) is 3.76. The SMILES string of the molecule is O=C(Cn1c(=O)[nH]c2ccccc21)Nc1cccc(Oc2ccccc2)c1. The maximum atomic E-state index is 12.4. The van der Waals surface area contributed by atoms with E-state index in [-0.39, 0.29) is 18.1 Å².